The zero-order valence-electron chi connectivity index (χ0n) is 17.8. The Morgan fingerprint density at radius 2 is 1.58 bits per heavy atom. The van der Waals surface area contributed by atoms with Gasteiger partial charge < -0.3 is 19.5 Å². The van der Waals surface area contributed by atoms with E-state index < -0.39 is 4.92 Å². The number of nitro groups is 1. The van der Waals surface area contributed by atoms with Crippen molar-refractivity contribution in [3.8, 4) is 28.6 Å². The molecule has 1 N–H and O–H groups in total. The van der Waals surface area contributed by atoms with Crippen LogP contribution in [0.3, 0.4) is 0 Å². The van der Waals surface area contributed by atoms with Crippen molar-refractivity contribution in [1.82, 2.24) is 9.97 Å². The van der Waals surface area contributed by atoms with Gasteiger partial charge in [-0.25, -0.2) is 9.97 Å². The molecule has 0 aliphatic heterocycles. The lowest BCUT2D eigenvalue weighted by Crippen LogP contribution is -2.06. The summed E-state index contributed by atoms with van der Waals surface area (Å²) in [4.78, 5) is 19.6. The largest absolute Gasteiger partial charge is 0.496 e. The highest BCUT2D eigenvalue weighted by atomic mass is 16.6. The predicted octanol–water partition coefficient (Wildman–Crippen LogP) is 4.25. The first-order chi connectivity index (χ1) is 15.0. The number of benzene rings is 2. The first-order valence-corrected chi connectivity index (χ1v) is 9.64. The summed E-state index contributed by atoms with van der Waals surface area (Å²) in [5, 5.41) is 14.2. The van der Waals surface area contributed by atoms with Crippen LogP contribution >= 0.6 is 0 Å². The van der Waals surface area contributed by atoms with E-state index in [1.165, 1.54) is 12.1 Å². The van der Waals surface area contributed by atoms with Crippen molar-refractivity contribution in [2.45, 2.75) is 19.9 Å². The number of nitrogens with zero attached hydrogens (tertiary/aromatic N) is 3. The van der Waals surface area contributed by atoms with Crippen LogP contribution in [0.1, 0.15) is 18.2 Å². The number of nitro benzene ring substituents is 1. The molecule has 0 radical (unpaired) electrons. The van der Waals surface area contributed by atoms with Crippen molar-refractivity contribution in [2.75, 3.05) is 26.6 Å². The Hall–Kier alpha value is -3.88. The number of rotatable bonds is 9. The summed E-state index contributed by atoms with van der Waals surface area (Å²) in [5.41, 5.74) is 2.45. The minimum absolute atomic E-state index is 0.0225. The van der Waals surface area contributed by atoms with Gasteiger partial charge in [0.2, 0.25) is 0 Å². The van der Waals surface area contributed by atoms with Gasteiger partial charge in [-0.15, -0.1) is 0 Å². The Labute approximate surface area is 180 Å². The second kappa shape index (κ2) is 9.75. The number of hydrogen-bond donors (Lipinski definition) is 1. The fraction of sp³-hybridized carbons (Fsp3) is 0.273. The topological polar surface area (TPSA) is 109 Å². The quantitative estimate of drug-likeness (QED) is 0.401. The number of anilines is 1. The summed E-state index contributed by atoms with van der Waals surface area (Å²) in [6.45, 7) is 2.44. The van der Waals surface area contributed by atoms with E-state index >= 15 is 0 Å². The molecule has 0 aliphatic carbocycles. The normalized spacial score (nSPS) is 10.5. The van der Waals surface area contributed by atoms with E-state index in [-0.39, 0.29) is 5.69 Å². The maximum atomic E-state index is 10.9. The number of ether oxygens (including phenoxy) is 3. The first kappa shape index (κ1) is 21.8. The molecule has 2 aromatic carbocycles. The van der Waals surface area contributed by atoms with Gasteiger partial charge in [0.15, 0.2) is 17.3 Å². The molecule has 1 aromatic heterocycles. The summed E-state index contributed by atoms with van der Waals surface area (Å²) in [6.07, 6.45) is 0.719. The lowest BCUT2D eigenvalue weighted by atomic mass is 10.1. The van der Waals surface area contributed by atoms with Gasteiger partial charge >= 0.3 is 0 Å². The number of methoxy groups -OCH3 is 3. The van der Waals surface area contributed by atoms with Crippen molar-refractivity contribution in [3.63, 3.8) is 0 Å². The molecule has 9 heteroatoms. The average molecular weight is 424 g/mol. The van der Waals surface area contributed by atoms with Gasteiger partial charge in [-0.1, -0.05) is 6.92 Å². The molecule has 0 amide bonds. The molecule has 0 saturated carbocycles. The van der Waals surface area contributed by atoms with E-state index in [0.717, 1.165) is 17.7 Å². The van der Waals surface area contributed by atoms with Crippen LogP contribution < -0.4 is 19.5 Å². The van der Waals surface area contributed by atoms with Crippen molar-refractivity contribution in [2.24, 2.45) is 0 Å². The van der Waals surface area contributed by atoms with Crippen LogP contribution in [0.2, 0.25) is 0 Å². The average Bonchev–Trinajstić information content (AvgIpc) is 2.81. The minimum atomic E-state index is -0.434. The highest BCUT2D eigenvalue weighted by Crippen LogP contribution is 2.35. The van der Waals surface area contributed by atoms with E-state index in [2.05, 4.69) is 15.3 Å². The lowest BCUT2D eigenvalue weighted by Gasteiger charge is -2.15. The molecule has 0 aliphatic rings. The molecule has 0 fully saturated rings. The van der Waals surface area contributed by atoms with E-state index in [4.69, 9.17) is 14.2 Å². The lowest BCUT2D eigenvalue weighted by molar-refractivity contribution is -0.384. The van der Waals surface area contributed by atoms with Crippen molar-refractivity contribution >= 4 is 11.5 Å². The summed E-state index contributed by atoms with van der Waals surface area (Å²) >= 11 is 0. The third kappa shape index (κ3) is 5.00. The second-order valence-corrected chi connectivity index (χ2v) is 6.60. The van der Waals surface area contributed by atoms with Crippen LogP contribution in [0, 0.1) is 10.1 Å². The Morgan fingerprint density at radius 1 is 0.935 bits per heavy atom. The maximum Gasteiger partial charge on any atom is 0.269 e. The molecule has 0 spiro atoms. The molecule has 0 saturated heterocycles. The molecular formula is C22H24N4O5. The number of hydrogen-bond acceptors (Lipinski definition) is 8. The smallest absolute Gasteiger partial charge is 0.269 e. The molecule has 31 heavy (non-hydrogen) atoms. The highest BCUT2D eigenvalue weighted by Gasteiger charge is 2.13. The number of nitrogens with one attached hydrogen (secondary N) is 1. The van der Waals surface area contributed by atoms with E-state index in [1.807, 2.05) is 19.1 Å². The van der Waals surface area contributed by atoms with Crippen LogP contribution in [-0.2, 0) is 13.0 Å². The molecule has 0 unspecified atom stereocenters. The van der Waals surface area contributed by atoms with Gasteiger partial charge in [-0.2, -0.15) is 0 Å². The first-order valence-electron chi connectivity index (χ1n) is 9.64. The monoisotopic (exact) mass is 424 g/mol. The Morgan fingerprint density at radius 3 is 2.16 bits per heavy atom. The van der Waals surface area contributed by atoms with Crippen molar-refractivity contribution in [3.05, 3.63) is 63.8 Å². The Bertz CT molecular complexity index is 1070. The van der Waals surface area contributed by atoms with Gasteiger partial charge in [-0.3, -0.25) is 10.1 Å². The summed E-state index contributed by atoms with van der Waals surface area (Å²) in [5.74, 6) is 2.97. The number of non-ortho nitro benzene ring substituents is 1. The second-order valence-electron chi connectivity index (χ2n) is 6.60. The third-order valence-electron chi connectivity index (χ3n) is 4.72. The fourth-order valence-corrected chi connectivity index (χ4v) is 3.05. The van der Waals surface area contributed by atoms with Crippen LogP contribution in [0.5, 0.6) is 17.2 Å². The maximum absolute atomic E-state index is 10.9. The van der Waals surface area contributed by atoms with Gasteiger partial charge in [0, 0.05) is 47.6 Å². The molecule has 0 bridgehead atoms. The van der Waals surface area contributed by atoms with Crippen molar-refractivity contribution < 1.29 is 19.1 Å². The zero-order valence-corrected chi connectivity index (χ0v) is 17.8. The summed E-state index contributed by atoms with van der Waals surface area (Å²) in [6, 6.07) is 11.7. The molecule has 0 atom stereocenters. The van der Waals surface area contributed by atoms with E-state index in [0.29, 0.717) is 41.0 Å². The Kier molecular flexibility index (Phi) is 6.86. The molecule has 162 valence electrons. The van der Waals surface area contributed by atoms with Gasteiger partial charge in [0.1, 0.15) is 11.6 Å². The third-order valence-corrected chi connectivity index (χ3v) is 4.72. The van der Waals surface area contributed by atoms with Crippen LogP contribution in [0.4, 0.5) is 11.5 Å². The molecule has 3 aromatic rings. The van der Waals surface area contributed by atoms with Crippen LogP contribution in [0.25, 0.3) is 11.4 Å². The van der Waals surface area contributed by atoms with E-state index in [9.17, 15) is 10.1 Å². The summed E-state index contributed by atoms with van der Waals surface area (Å²) in [7, 11) is 4.75. The minimum Gasteiger partial charge on any atom is -0.496 e. The Balaban J connectivity index is 1.88. The van der Waals surface area contributed by atoms with Gasteiger partial charge in [0.05, 0.1) is 26.3 Å². The van der Waals surface area contributed by atoms with Gasteiger partial charge in [0.25, 0.3) is 5.69 Å². The SMILES string of the molecule is CCc1cc(NCc2cc(OC)c(OC)cc2OC)nc(-c2ccc([N+](=O)[O-])cc2)n1. The zero-order chi connectivity index (χ0) is 22.4. The van der Waals surface area contributed by atoms with Crippen LogP contribution in [-0.4, -0.2) is 36.2 Å². The van der Waals surface area contributed by atoms with Gasteiger partial charge in [-0.05, 0) is 24.6 Å². The molecule has 1 heterocycles. The predicted molar refractivity (Wildman–Crippen MR) is 117 cm³/mol. The van der Waals surface area contributed by atoms with Crippen LogP contribution in [0.15, 0.2) is 42.5 Å². The highest BCUT2D eigenvalue weighted by molar-refractivity contribution is 5.60. The van der Waals surface area contributed by atoms with E-state index in [1.54, 1.807) is 39.5 Å². The number of aryl methyl sites for hydroxylation is 1. The standard InChI is InChI=1S/C22H24N4O5/c1-5-16-11-21(25-22(24-16)14-6-8-17(9-7-14)26(27)28)23-13-15-10-19(30-3)20(31-4)12-18(15)29-2/h6-12H,5,13H2,1-4H3,(H,23,24,25). The summed E-state index contributed by atoms with van der Waals surface area (Å²) < 4.78 is 16.2. The van der Waals surface area contributed by atoms with Crippen molar-refractivity contribution in [1.29, 1.82) is 0 Å². The molecule has 3 rings (SSSR count). The molecular weight excluding hydrogens is 400 g/mol. The molecule has 9 nitrogen and oxygen atoms in total. The fourth-order valence-electron chi connectivity index (χ4n) is 3.05. The number of aromatic nitrogens is 2.